The van der Waals surface area contributed by atoms with Gasteiger partial charge >= 0.3 is 0 Å². The Kier molecular flexibility index (Phi) is 9.44. The fourth-order valence-electron chi connectivity index (χ4n) is 3.48. The van der Waals surface area contributed by atoms with E-state index < -0.39 is 0 Å². The lowest BCUT2D eigenvalue weighted by Crippen LogP contribution is -2.02. The van der Waals surface area contributed by atoms with Crippen molar-refractivity contribution in [2.45, 2.75) is 48.0 Å². The van der Waals surface area contributed by atoms with Crippen molar-refractivity contribution in [1.29, 1.82) is 5.26 Å². The Bertz CT molecular complexity index is 1120. The van der Waals surface area contributed by atoms with Crippen LogP contribution in [-0.4, -0.2) is 9.55 Å². The molecule has 0 aliphatic heterocycles. The SMILES string of the molecule is CC.CC.Cc1ccc(C)n1-c1cccc(-c2ccc(-c3ccc(CC#N)cc3)cc2)n1. The fraction of sp³-hybridized carbons (Fsp3) is 0.241. The van der Waals surface area contributed by atoms with E-state index in [-0.39, 0.29) is 0 Å². The van der Waals surface area contributed by atoms with Crippen LogP contribution >= 0.6 is 0 Å². The summed E-state index contributed by atoms with van der Waals surface area (Å²) in [6, 6.07) is 29.2. The molecule has 32 heavy (non-hydrogen) atoms. The molecule has 3 nitrogen and oxygen atoms in total. The van der Waals surface area contributed by atoms with Crippen LogP contribution in [0.2, 0.25) is 0 Å². The molecule has 4 rings (SSSR count). The van der Waals surface area contributed by atoms with Gasteiger partial charge in [0.1, 0.15) is 5.82 Å². The predicted octanol–water partition coefficient (Wildman–Crippen LogP) is 7.94. The van der Waals surface area contributed by atoms with E-state index in [1.165, 1.54) is 11.4 Å². The lowest BCUT2D eigenvalue weighted by atomic mass is 10.0. The van der Waals surface area contributed by atoms with Crippen molar-refractivity contribution in [2.24, 2.45) is 0 Å². The summed E-state index contributed by atoms with van der Waals surface area (Å²) in [7, 11) is 0. The Morgan fingerprint density at radius 3 is 1.72 bits per heavy atom. The first-order valence-electron chi connectivity index (χ1n) is 11.3. The number of pyridine rings is 1. The molecule has 0 N–H and O–H groups in total. The van der Waals surface area contributed by atoms with Crippen LogP contribution in [-0.2, 0) is 6.42 Å². The molecule has 0 aliphatic carbocycles. The summed E-state index contributed by atoms with van der Waals surface area (Å²) in [6.07, 6.45) is 0.446. The van der Waals surface area contributed by atoms with E-state index in [2.05, 4.69) is 79.1 Å². The largest absolute Gasteiger partial charge is 0.303 e. The van der Waals surface area contributed by atoms with Crippen molar-refractivity contribution >= 4 is 0 Å². The van der Waals surface area contributed by atoms with Crippen molar-refractivity contribution in [3.8, 4) is 34.3 Å². The van der Waals surface area contributed by atoms with Crippen LogP contribution in [0.15, 0.2) is 78.9 Å². The number of aryl methyl sites for hydroxylation is 2. The quantitative estimate of drug-likeness (QED) is 0.334. The summed E-state index contributed by atoms with van der Waals surface area (Å²) < 4.78 is 2.17. The Morgan fingerprint density at radius 2 is 1.19 bits per heavy atom. The third-order valence-corrected chi connectivity index (χ3v) is 4.99. The van der Waals surface area contributed by atoms with E-state index in [4.69, 9.17) is 10.2 Å². The number of benzene rings is 2. The molecule has 0 unspecified atom stereocenters. The second-order valence-electron chi connectivity index (χ2n) is 6.94. The van der Waals surface area contributed by atoms with Crippen molar-refractivity contribution in [2.75, 3.05) is 0 Å². The third-order valence-electron chi connectivity index (χ3n) is 4.99. The highest BCUT2D eigenvalue weighted by molar-refractivity contribution is 5.69. The van der Waals surface area contributed by atoms with Gasteiger partial charge in [0.2, 0.25) is 0 Å². The average molecular weight is 424 g/mol. The minimum absolute atomic E-state index is 0.446. The molecule has 0 saturated carbocycles. The number of hydrogen-bond acceptors (Lipinski definition) is 2. The molecular weight excluding hydrogens is 390 g/mol. The Labute approximate surface area is 193 Å². The zero-order chi connectivity index (χ0) is 23.5. The minimum atomic E-state index is 0.446. The van der Waals surface area contributed by atoms with Gasteiger partial charge in [-0.1, -0.05) is 82.3 Å². The first kappa shape index (κ1) is 24.6. The molecule has 2 aromatic carbocycles. The lowest BCUT2D eigenvalue weighted by molar-refractivity contribution is 0.924. The highest BCUT2D eigenvalue weighted by Crippen LogP contribution is 2.25. The van der Waals surface area contributed by atoms with Gasteiger partial charge in [0.15, 0.2) is 0 Å². The molecule has 0 bridgehead atoms. The van der Waals surface area contributed by atoms with Crippen LogP contribution in [0.1, 0.15) is 44.6 Å². The van der Waals surface area contributed by atoms with E-state index >= 15 is 0 Å². The molecule has 0 aliphatic rings. The zero-order valence-electron chi connectivity index (χ0n) is 20.1. The molecule has 4 aromatic rings. The molecule has 0 amide bonds. The zero-order valence-corrected chi connectivity index (χ0v) is 20.1. The van der Waals surface area contributed by atoms with Crippen molar-refractivity contribution in [1.82, 2.24) is 9.55 Å². The Morgan fingerprint density at radius 1 is 0.688 bits per heavy atom. The van der Waals surface area contributed by atoms with Gasteiger partial charge in [-0.15, -0.1) is 0 Å². The first-order chi connectivity index (χ1) is 15.7. The number of rotatable bonds is 4. The monoisotopic (exact) mass is 423 g/mol. The smallest absolute Gasteiger partial charge is 0.137 e. The van der Waals surface area contributed by atoms with Crippen molar-refractivity contribution < 1.29 is 0 Å². The number of hydrogen-bond donors (Lipinski definition) is 0. The first-order valence-corrected chi connectivity index (χ1v) is 11.3. The maximum absolute atomic E-state index is 8.80. The van der Waals surface area contributed by atoms with Gasteiger partial charge in [-0.2, -0.15) is 5.26 Å². The molecule has 0 radical (unpaired) electrons. The van der Waals surface area contributed by atoms with E-state index in [1.807, 2.05) is 52.0 Å². The van der Waals surface area contributed by atoms with E-state index in [9.17, 15) is 0 Å². The van der Waals surface area contributed by atoms with Gasteiger partial charge in [-0.3, -0.25) is 0 Å². The van der Waals surface area contributed by atoms with Crippen LogP contribution in [0.5, 0.6) is 0 Å². The normalized spacial score (nSPS) is 9.66. The average Bonchev–Trinajstić information content (AvgIpc) is 3.20. The highest BCUT2D eigenvalue weighted by Gasteiger charge is 2.07. The van der Waals surface area contributed by atoms with Crippen LogP contribution < -0.4 is 0 Å². The summed E-state index contributed by atoms with van der Waals surface area (Å²) in [5.74, 6) is 0.939. The van der Waals surface area contributed by atoms with Crippen LogP contribution in [0.25, 0.3) is 28.2 Å². The summed E-state index contributed by atoms with van der Waals surface area (Å²) in [6.45, 7) is 12.2. The maximum Gasteiger partial charge on any atom is 0.137 e. The molecule has 0 spiro atoms. The van der Waals surface area contributed by atoms with Gasteiger partial charge in [-0.05, 0) is 54.8 Å². The van der Waals surface area contributed by atoms with Crippen molar-refractivity contribution in [3.63, 3.8) is 0 Å². The number of aromatic nitrogens is 2. The Balaban J connectivity index is 0.000000860. The summed E-state index contributed by atoms with van der Waals surface area (Å²) >= 11 is 0. The molecule has 0 fully saturated rings. The van der Waals surface area contributed by atoms with E-state index in [0.717, 1.165) is 33.8 Å². The van der Waals surface area contributed by atoms with Gasteiger partial charge in [-0.25, -0.2) is 4.98 Å². The van der Waals surface area contributed by atoms with Crippen LogP contribution in [0.4, 0.5) is 0 Å². The second kappa shape index (κ2) is 12.3. The fourth-order valence-corrected chi connectivity index (χ4v) is 3.48. The minimum Gasteiger partial charge on any atom is -0.303 e. The standard InChI is InChI=1S/C25H21N3.2C2H6/c1-18-6-7-19(2)28(18)25-5-3-4-24(27-25)23-14-12-22(13-15-23)21-10-8-20(9-11-21)16-17-26;2*1-2/h3-15H,16H2,1-2H3;2*1-2H3. The molecule has 0 atom stereocenters. The number of nitrogens with zero attached hydrogens (tertiary/aromatic N) is 3. The lowest BCUT2D eigenvalue weighted by Gasteiger charge is -2.10. The van der Waals surface area contributed by atoms with Crippen molar-refractivity contribution in [3.05, 3.63) is 95.8 Å². The van der Waals surface area contributed by atoms with Crippen LogP contribution in [0, 0.1) is 25.2 Å². The maximum atomic E-state index is 8.80. The van der Waals surface area contributed by atoms with E-state index in [0.29, 0.717) is 6.42 Å². The summed E-state index contributed by atoms with van der Waals surface area (Å²) in [4.78, 5) is 4.87. The molecular formula is C29H33N3. The highest BCUT2D eigenvalue weighted by atomic mass is 15.1. The predicted molar refractivity (Wildman–Crippen MR) is 136 cm³/mol. The second-order valence-corrected chi connectivity index (χ2v) is 6.94. The summed E-state index contributed by atoms with van der Waals surface area (Å²) in [5.41, 5.74) is 7.75. The van der Waals surface area contributed by atoms with Gasteiger partial charge in [0.05, 0.1) is 18.2 Å². The molecule has 2 aromatic heterocycles. The van der Waals surface area contributed by atoms with Crippen LogP contribution in [0.3, 0.4) is 0 Å². The van der Waals surface area contributed by atoms with Gasteiger partial charge < -0.3 is 4.57 Å². The molecule has 2 heterocycles. The molecule has 0 saturated heterocycles. The summed E-state index contributed by atoms with van der Waals surface area (Å²) in [5, 5.41) is 8.80. The van der Waals surface area contributed by atoms with E-state index in [1.54, 1.807) is 0 Å². The molecule has 164 valence electrons. The topological polar surface area (TPSA) is 41.6 Å². The molecule has 3 heteroatoms. The Hall–Kier alpha value is -3.64. The third kappa shape index (κ3) is 5.74. The van der Waals surface area contributed by atoms with Gasteiger partial charge in [0, 0.05) is 17.0 Å². The van der Waals surface area contributed by atoms with Gasteiger partial charge in [0.25, 0.3) is 0 Å². The number of nitriles is 1.